The van der Waals surface area contributed by atoms with Crippen LogP contribution in [0.25, 0.3) is 0 Å². The molecule has 0 aromatic carbocycles. The van der Waals surface area contributed by atoms with Crippen molar-refractivity contribution in [1.82, 2.24) is 0 Å². The second kappa shape index (κ2) is 5.88. The highest BCUT2D eigenvalue weighted by Crippen LogP contribution is 2.28. The Labute approximate surface area is 89.9 Å². The fourth-order valence-electron chi connectivity index (χ4n) is 1.27. The number of rotatable bonds is 6. The molecule has 0 spiro atoms. The van der Waals surface area contributed by atoms with Gasteiger partial charge in [0.15, 0.2) is 13.7 Å². The quantitative estimate of drug-likeness (QED) is 0.711. The second-order valence-corrected chi connectivity index (χ2v) is 2.83. The Bertz CT molecular complexity index is 274. The van der Waals surface area contributed by atoms with Crippen LogP contribution < -0.4 is 0 Å². The third kappa shape index (κ3) is 2.75. The molecule has 0 aromatic rings. The largest absolute Gasteiger partial charge is 0.463 e. The van der Waals surface area contributed by atoms with Gasteiger partial charge in [-0.2, -0.15) is 0 Å². The summed E-state index contributed by atoms with van der Waals surface area (Å²) in [5.41, 5.74) is 0. The summed E-state index contributed by atoms with van der Waals surface area (Å²) in [4.78, 5) is 0. The molecule has 4 nitrogen and oxygen atoms in total. The summed E-state index contributed by atoms with van der Waals surface area (Å²) in [6.07, 6.45) is 1.92. The van der Waals surface area contributed by atoms with Crippen molar-refractivity contribution in [2.45, 2.75) is 11.9 Å². The van der Waals surface area contributed by atoms with E-state index in [-0.39, 0.29) is 5.76 Å². The van der Waals surface area contributed by atoms with Crippen molar-refractivity contribution in [3.05, 3.63) is 24.0 Å². The van der Waals surface area contributed by atoms with Crippen LogP contribution in [-0.4, -0.2) is 37.6 Å². The van der Waals surface area contributed by atoms with Gasteiger partial charge in [0.05, 0.1) is 0 Å². The van der Waals surface area contributed by atoms with Gasteiger partial charge in [-0.3, -0.25) is 0 Å². The van der Waals surface area contributed by atoms with Crippen LogP contribution in [0.3, 0.4) is 0 Å². The van der Waals surface area contributed by atoms with Crippen molar-refractivity contribution in [2.75, 3.05) is 20.6 Å². The minimum Gasteiger partial charge on any atom is -0.463 e. The summed E-state index contributed by atoms with van der Waals surface area (Å²) in [5, 5.41) is 9.50. The maximum atomic E-state index is 12.1. The molecule has 1 rings (SSSR count). The van der Waals surface area contributed by atoms with E-state index < -0.39 is 32.5 Å². The van der Waals surface area contributed by atoms with Gasteiger partial charge >= 0.3 is 0 Å². The van der Waals surface area contributed by atoms with Gasteiger partial charge in [-0.25, -0.2) is 13.2 Å². The van der Waals surface area contributed by atoms with E-state index >= 15 is 0 Å². The zero-order valence-corrected chi connectivity index (χ0v) is 8.24. The van der Waals surface area contributed by atoms with E-state index in [0.29, 0.717) is 0 Å². The van der Waals surface area contributed by atoms with E-state index in [4.69, 9.17) is 0 Å². The second-order valence-electron chi connectivity index (χ2n) is 2.83. The van der Waals surface area contributed by atoms with Gasteiger partial charge in [-0.05, 0) is 12.2 Å². The first-order valence-electron chi connectivity index (χ1n) is 4.36. The number of hydrogen-bond acceptors (Lipinski definition) is 4. The molecular weight excluding hydrogens is 229 g/mol. The van der Waals surface area contributed by atoms with Gasteiger partial charge in [-0.1, -0.05) is 0 Å². The molecular formula is C9H11F3O4. The highest BCUT2D eigenvalue weighted by molar-refractivity contribution is 5.25. The van der Waals surface area contributed by atoms with Gasteiger partial charge in [-0.15, -0.1) is 0 Å². The predicted molar refractivity (Wildman–Crippen MR) is 47.1 cm³/mol. The lowest BCUT2D eigenvalue weighted by Crippen LogP contribution is -2.46. The van der Waals surface area contributed by atoms with Crippen molar-refractivity contribution in [3.8, 4) is 0 Å². The molecule has 0 saturated heterocycles. The van der Waals surface area contributed by atoms with Crippen LogP contribution in [0, 0.1) is 0 Å². The monoisotopic (exact) mass is 240 g/mol. The van der Waals surface area contributed by atoms with E-state index in [1.54, 1.807) is 0 Å². The van der Waals surface area contributed by atoms with Crippen LogP contribution in [0.1, 0.15) is 0 Å². The van der Waals surface area contributed by atoms with E-state index in [2.05, 4.69) is 14.2 Å². The number of allylic oxidation sites excluding steroid dienone is 1. The SMILES string of the molecule is OC1C=CC(OCF)=CC1(OCF)OCF. The Kier molecular flexibility index (Phi) is 4.78. The van der Waals surface area contributed by atoms with Crippen LogP contribution >= 0.6 is 0 Å². The highest BCUT2D eigenvalue weighted by Gasteiger charge is 2.40. The zero-order valence-electron chi connectivity index (χ0n) is 8.24. The van der Waals surface area contributed by atoms with E-state index in [9.17, 15) is 18.3 Å². The van der Waals surface area contributed by atoms with Crippen molar-refractivity contribution < 1.29 is 32.5 Å². The number of ether oxygens (including phenoxy) is 3. The standard InChI is InChI=1S/C9H11F3O4/c10-4-14-7-1-2-8(13)9(3-7,15-5-11)16-6-12/h1-3,8,13H,4-6H2. The molecule has 7 heteroatoms. The lowest BCUT2D eigenvalue weighted by Gasteiger charge is -2.33. The number of aliphatic hydroxyl groups is 1. The van der Waals surface area contributed by atoms with Crippen LogP contribution in [-0.2, 0) is 14.2 Å². The molecule has 0 fully saturated rings. The molecule has 16 heavy (non-hydrogen) atoms. The van der Waals surface area contributed by atoms with Gasteiger partial charge in [0.1, 0.15) is 11.9 Å². The lowest BCUT2D eigenvalue weighted by molar-refractivity contribution is -0.271. The van der Waals surface area contributed by atoms with Crippen molar-refractivity contribution in [2.24, 2.45) is 0 Å². The number of halogens is 3. The molecule has 0 bridgehead atoms. The van der Waals surface area contributed by atoms with Crippen LogP contribution in [0.2, 0.25) is 0 Å². The van der Waals surface area contributed by atoms with Crippen LogP contribution in [0.4, 0.5) is 13.2 Å². The van der Waals surface area contributed by atoms with E-state index in [1.807, 2.05) is 0 Å². The summed E-state index contributed by atoms with van der Waals surface area (Å²) < 4.78 is 49.6. The number of aliphatic hydroxyl groups excluding tert-OH is 1. The molecule has 1 aliphatic rings. The topological polar surface area (TPSA) is 47.9 Å². The first-order chi connectivity index (χ1) is 7.68. The zero-order chi connectivity index (χ0) is 12.0. The van der Waals surface area contributed by atoms with Gasteiger partial charge < -0.3 is 19.3 Å². The lowest BCUT2D eigenvalue weighted by atomic mass is 10.0. The molecule has 1 aliphatic carbocycles. The maximum Gasteiger partial charge on any atom is 0.228 e. The normalized spacial score (nSPS) is 23.0. The van der Waals surface area contributed by atoms with Crippen LogP contribution in [0.5, 0.6) is 0 Å². The van der Waals surface area contributed by atoms with Crippen molar-refractivity contribution >= 4 is 0 Å². The maximum absolute atomic E-state index is 12.1. The molecule has 0 amide bonds. The first-order valence-corrected chi connectivity index (χ1v) is 4.36. The fourth-order valence-corrected chi connectivity index (χ4v) is 1.27. The van der Waals surface area contributed by atoms with E-state index in [1.165, 1.54) is 6.08 Å². The average molecular weight is 240 g/mol. The third-order valence-electron chi connectivity index (χ3n) is 1.98. The summed E-state index contributed by atoms with van der Waals surface area (Å²) in [5.74, 6) is -2.07. The summed E-state index contributed by atoms with van der Waals surface area (Å²) in [6.45, 7) is -3.72. The van der Waals surface area contributed by atoms with Crippen molar-refractivity contribution in [3.63, 3.8) is 0 Å². The van der Waals surface area contributed by atoms with E-state index in [0.717, 1.165) is 12.2 Å². The van der Waals surface area contributed by atoms with Gasteiger partial charge in [0, 0.05) is 6.08 Å². The minimum absolute atomic E-state index is 0.0466. The Morgan fingerprint density at radius 2 is 1.81 bits per heavy atom. The first kappa shape index (κ1) is 13.0. The molecule has 1 N–H and O–H groups in total. The molecule has 1 unspecified atom stereocenters. The predicted octanol–water partition coefficient (Wildman–Crippen LogP) is 1.33. The molecule has 0 aromatic heterocycles. The van der Waals surface area contributed by atoms with Gasteiger partial charge in [0.25, 0.3) is 0 Å². The Morgan fingerprint density at radius 3 is 2.31 bits per heavy atom. The van der Waals surface area contributed by atoms with Crippen LogP contribution in [0.15, 0.2) is 24.0 Å². The summed E-state index contributed by atoms with van der Waals surface area (Å²) in [6, 6.07) is 0. The Hall–Kier alpha value is -1.05. The van der Waals surface area contributed by atoms with Crippen molar-refractivity contribution in [1.29, 1.82) is 0 Å². The average Bonchev–Trinajstić information content (AvgIpc) is 2.25. The molecule has 1 atom stereocenters. The summed E-state index contributed by atoms with van der Waals surface area (Å²) >= 11 is 0. The minimum atomic E-state index is -2.03. The summed E-state index contributed by atoms with van der Waals surface area (Å²) in [7, 11) is 0. The molecule has 0 saturated carbocycles. The molecule has 92 valence electrons. The highest BCUT2D eigenvalue weighted by atomic mass is 19.1. The third-order valence-corrected chi connectivity index (χ3v) is 1.98. The number of hydrogen-bond donors (Lipinski definition) is 1. The smallest absolute Gasteiger partial charge is 0.228 e. The Morgan fingerprint density at radius 1 is 1.19 bits per heavy atom. The van der Waals surface area contributed by atoms with Gasteiger partial charge in [0.2, 0.25) is 12.6 Å². The Balaban J connectivity index is 2.90. The molecule has 0 heterocycles. The molecule has 0 radical (unpaired) electrons. The fraction of sp³-hybridized carbons (Fsp3) is 0.556. The molecule has 0 aliphatic heterocycles. The number of alkyl halides is 3.